The fourth-order valence-corrected chi connectivity index (χ4v) is 3.57. The second kappa shape index (κ2) is 7.88. The second-order valence-electron chi connectivity index (χ2n) is 7.02. The zero-order chi connectivity index (χ0) is 21.2. The topological polar surface area (TPSA) is 61.3 Å². The number of hydrogen-bond acceptors (Lipinski definition) is 5. The van der Waals surface area contributed by atoms with Gasteiger partial charge in [-0.15, -0.1) is 0 Å². The van der Waals surface area contributed by atoms with Gasteiger partial charge in [-0.3, -0.25) is 4.98 Å². The smallest absolute Gasteiger partial charge is 0.344 e. The summed E-state index contributed by atoms with van der Waals surface area (Å²) >= 11 is 0. The van der Waals surface area contributed by atoms with E-state index in [2.05, 4.69) is 4.98 Å². The van der Waals surface area contributed by atoms with Crippen LogP contribution in [0.4, 0.5) is 0 Å². The maximum absolute atomic E-state index is 13.3. The van der Waals surface area contributed by atoms with E-state index < -0.39 is 5.97 Å². The van der Waals surface area contributed by atoms with Crippen LogP contribution in [0.5, 0.6) is 11.5 Å². The number of para-hydroxylation sites is 2. The number of benzene rings is 3. The lowest BCUT2D eigenvalue weighted by atomic mass is 10.0. The summed E-state index contributed by atoms with van der Waals surface area (Å²) in [6, 6.07) is 26.2. The van der Waals surface area contributed by atoms with Crippen LogP contribution in [0, 0.1) is 0 Å². The van der Waals surface area contributed by atoms with E-state index in [4.69, 9.17) is 14.5 Å². The molecule has 5 aromatic rings. The third-order valence-electron chi connectivity index (χ3n) is 5.12. The van der Waals surface area contributed by atoms with Gasteiger partial charge >= 0.3 is 5.97 Å². The Morgan fingerprint density at radius 3 is 2.52 bits per heavy atom. The summed E-state index contributed by atoms with van der Waals surface area (Å²) in [5, 5.41) is 1.64. The van der Waals surface area contributed by atoms with Crippen molar-refractivity contribution in [2.24, 2.45) is 0 Å². The van der Waals surface area contributed by atoms with Gasteiger partial charge in [0.1, 0.15) is 11.3 Å². The second-order valence-corrected chi connectivity index (χ2v) is 7.02. The number of carbonyl (C=O) groups is 1. The first-order valence-corrected chi connectivity index (χ1v) is 9.83. The summed E-state index contributed by atoms with van der Waals surface area (Å²) in [4.78, 5) is 22.4. The highest BCUT2D eigenvalue weighted by Gasteiger charge is 2.17. The molecule has 0 fully saturated rings. The van der Waals surface area contributed by atoms with Crippen molar-refractivity contribution in [3.05, 3.63) is 96.7 Å². The van der Waals surface area contributed by atoms with E-state index in [-0.39, 0.29) is 0 Å². The summed E-state index contributed by atoms with van der Waals surface area (Å²) in [7, 11) is 1.62. The molecule has 0 spiro atoms. The number of ether oxygens (including phenoxy) is 2. The summed E-state index contributed by atoms with van der Waals surface area (Å²) in [6.45, 7) is 0. The number of rotatable bonds is 4. The van der Waals surface area contributed by atoms with Crippen molar-refractivity contribution in [2.45, 2.75) is 0 Å². The number of pyridine rings is 2. The third kappa shape index (κ3) is 3.57. The monoisotopic (exact) mass is 406 g/mol. The normalized spacial score (nSPS) is 10.9. The standard InChI is InChI=1S/C26H18N2O3/c1-30-19-13-11-17(12-14-19)23-16-21(20-8-2-3-9-22(20)28-23)26(29)31-24-10-4-6-18-7-5-15-27-25(18)24/h2-16H,1H3. The van der Waals surface area contributed by atoms with Crippen molar-refractivity contribution < 1.29 is 14.3 Å². The van der Waals surface area contributed by atoms with E-state index in [1.807, 2.05) is 72.8 Å². The minimum absolute atomic E-state index is 0.426. The zero-order valence-electron chi connectivity index (χ0n) is 16.8. The molecule has 2 aromatic heterocycles. The van der Waals surface area contributed by atoms with Crippen molar-refractivity contribution in [1.29, 1.82) is 0 Å². The number of aromatic nitrogens is 2. The van der Waals surface area contributed by atoms with Crippen molar-refractivity contribution in [1.82, 2.24) is 9.97 Å². The molecule has 0 aliphatic carbocycles. The average Bonchev–Trinajstić information content (AvgIpc) is 2.83. The summed E-state index contributed by atoms with van der Waals surface area (Å²) in [6.07, 6.45) is 1.68. The van der Waals surface area contributed by atoms with Crippen LogP contribution in [0.3, 0.4) is 0 Å². The number of nitrogens with zero attached hydrogens (tertiary/aromatic N) is 2. The molecule has 0 aliphatic heterocycles. The molecular weight excluding hydrogens is 388 g/mol. The molecule has 5 heteroatoms. The van der Waals surface area contributed by atoms with Crippen LogP contribution in [-0.2, 0) is 0 Å². The van der Waals surface area contributed by atoms with Gasteiger partial charge in [0.05, 0.1) is 23.9 Å². The van der Waals surface area contributed by atoms with E-state index in [1.54, 1.807) is 25.4 Å². The number of fused-ring (bicyclic) bond motifs is 2. The van der Waals surface area contributed by atoms with Crippen LogP contribution in [0.25, 0.3) is 33.1 Å². The van der Waals surface area contributed by atoms with Crippen LogP contribution < -0.4 is 9.47 Å². The van der Waals surface area contributed by atoms with Crippen molar-refractivity contribution >= 4 is 27.8 Å². The molecule has 0 radical (unpaired) electrons. The first-order chi connectivity index (χ1) is 15.2. The van der Waals surface area contributed by atoms with E-state index in [0.717, 1.165) is 27.6 Å². The molecule has 31 heavy (non-hydrogen) atoms. The van der Waals surface area contributed by atoms with E-state index in [1.165, 1.54) is 0 Å². The number of hydrogen-bond donors (Lipinski definition) is 0. The number of methoxy groups -OCH3 is 1. The van der Waals surface area contributed by atoms with Gasteiger partial charge in [-0.1, -0.05) is 36.4 Å². The van der Waals surface area contributed by atoms with Crippen LogP contribution >= 0.6 is 0 Å². The molecule has 0 saturated heterocycles. The minimum atomic E-state index is -0.452. The van der Waals surface area contributed by atoms with Gasteiger partial charge in [-0.25, -0.2) is 9.78 Å². The molecule has 2 heterocycles. The Hall–Kier alpha value is -4.25. The molecular formula is C26H18N2O3. The van der Waals surface area contributed by atoms with E-state index in [9.17, 15) is 4.79 Å². The SMILES string of the molecule is COc1ccc(-c2cc(C(=O)Oc3cccc4cccnc34)c3ccccc3n2)cc1. The van der Waals surface area contributed by atoms with Crippen LogP contribution in [0.2, 0.25) is 0 Å². The molecule has 0 saturated carbocycles. The molecule has 5 nitrogen and oxygen atoms in total. The Balaban J connectivity index is 1.60. The lowest BCUT2D eigenvalue weighted by Gasteiger charge is -2.11. The van der Waals surface area contributed by atoms with Crippen molar-refractivity contribution in [3.63, 3.8) is 0 Å². The van der Waals surface area contributed by atoms with Gasteiger partial charge in [-0.2, -0.15) is 0 Å². The van der Waals surface area contributed by atoms with Crippen LogP contribution in [-0.4, -0.2) is 23.0 Å². The molecule has 3 aromatic carbocycles. The molecule has 0 unspecified atom stereocenters. The molecule has 0 aliphatic rings. The molecule has 0 N–H and O–H groups in total. The maximum atomic E-state index is 13.3. The lowest BCUT2D eigenvalue weighted by Crippen LogP contribution is -2.10. The van der Waals surface area contributed by atoms with Gasteiger partial charge in [0.2, 0.25) is 0 Å². The van der Waals surface area contributed by atoms with Crippen molar-refractivity contribution in [2.75, 3.05) is 7.11 Å². The average molecular weight is 406 g/mol. The van der Waals surface area contributed by atoms with Gasteiger partial charge < -0.3 is 9.47 Å². The highest BCUT2D eigenvalue weighted by Crippen LogP contribution is 2.29. The molecule has 0 atom stereocenters. The Bertz CT molecular complexity index is 1410. The summed E-state index contributed by atoms with van der Waals surface area (Å²) < 4.78 is 11.0. The zero-order valence-corrected chi connectivity index (χ0v) is 16.8. The quantitative estimate of drug-likeness (QED) is 0.284. The van der Waals surface area contributed by atoms with Gasteiger partial charge in [0, 0.05) is 22.5 Å². The van der Waals surface area contributed by atoms with Gasteiger partial charge in [0.15, 0.2) is 5.75 Å². The third-order valence-corrected chi connectivity index (χ3v) is 5.12. The van der Waals surface area contributed by atoms with Crippen LogP contribution in [0.1, 0.15) is 10.4 Å². The van der Waals surface area contributed by atoms with E-state index in [0.29, 0.717) is 22.5 Å². The van der Waals surface area contributed by atoms with Crippen LogP contribution in [0.15, 0.2) is 91.1 Å². The summed E-state index contributed by atoms with van der Waals surface area (Å²) in [5.74, 6) is 0.731. The Morgan fingerprint density at radius 1 is 0.871 bits per heavy atom. The Kier molecular flexibility index (Phi) is 4.77. The fraction of sp³-hybridized carbons (Fsp3) is 0.0385. The van der Waals surface area contributed by atoms with Crippen molar-refractivity contribution in [3.8, 4) is 22.8 Å². The number of carbonyl (C=O) groups excluding carboxylic acids is 1. The minimum Gasteiger partial charge on any atom is -0.497 e. The number of esters is 1. The Morgan fingerprint density at radius 2 is 1.68 bits per heavy atom. The highest BCUT2D eigenvalue weighted by molar-refractivity contribution is 6.06. The summed E-state index contributed by atoms with van der Waals surface area (Å²) in [5.41, 5.74) is 3.38. The first kappa shape index (κ1) is 18.8. The molecule has 0 bridgehead atoms. The first-order valence-electron chi connectivity index (χ1n) is 9.83. The molecule has 5 rings (SSSR count). The molecule has 0 amide bonds. The fourth-order valence-electron chi connectivity index (χ4n) is 3.57. The maximum Gasteiger partial charge on any atom is 0.344 e. The van der Waals surface area contributed by atoms with Gasteiger partial charge in [-0.05, 0) is 48.5 Å². The lowest BCUT2D eigenvalue weighted by molar-refractivity contribution is 0.0739. The highest BCUT2D eigenvalue weighted by atomic mass is 16.5. The van der Waals surface area contributed by atoms with E-state index >= 15 is 0 Å². The predicted molar refractivity (Wildman–Crippen MR) is 120 cm³/mol. The molecule has 150 valence electrons. The largest absolute Gasteiger partial charge is 0.497 e. The van der Waals surface area contributed by atoms with Gasteiger partial charge in [0.25, 0.3) is 0 Å². The predicted octanol–water partition coefficient (Wildman–Crippen LogP) is 5.68. The Labute approximate surface area is 178 Å².